The van der Waals surface area contributed by atoms with Crippen molar-refractivity contribution in [3.63, 3.8) is 0 Å². The molecule has 0 aromatic carbocycles. The van der Waals surface area contributed by atoms with Crippen LogP contribution in [0.1, 0.15) is 27.2 Å². The van der Waals surface area contributed by atoms with Crippen LogP contribution in [0.4, 0.5) is 5.69 Å². The summed E-state index contributed by atoms with van der Waals surface area (Å²) < 4.78 is 0. The number of hydrogen-bond acceptors (Lipinski definition) is 3. The van der Waals surface area contributed by atoms with Gasteiger partial charge in [-0.2, -0.15) is 11.3 Å². The maximum absolute atomic E-state index is 12.6. The fourth-order valence-corrected chi connectivity index (χ4v) is 2.67. The van der Waals surface area contributed by atoms with Crippen LogP contribution >= 0.6 is 11.3 Å². The number of anilines is 1. The first-order valence-electron chi connectivity index (χ1n) is 6.02. The van der Waals surface area contributed by atoms with Gasteiger partial charge in [-0.05, 0) is 16.9 Å². The minimum absolute atomic E-state index is 0.0215. The zero-order chi connectivity index (χ0) is 13.3. The number of carbonyl (C=O) groups excluding carboxylic acids is 2. The molecule has 0 aliphatic carbocycles. The summed E-state index contributed by atoms with van der Waals surface area (Å²) in [7, 11) is 0. The van der Waals surface area contributed by atoms with Gasteiger partial charge in [-0.15, -0.1) is 0 Å². The van der Waals surface area contributed by atoms with Crippen molar-refractivity contribution in [3.8, 4) is 0 Å². The third kappa shape index (κ3) is 2.56. The molecule has 5 heteroatoms. The van der Waals surface area contributed by atoms with Crippen molar-refractivity contribution in [1.82, 2.24) is 5.32 Å². The van der Waals surface area contributed by atoms with Gasteiger partial charge in [0.05, 0.1) is 5.69 Å². The van der Waals surface area contributed by atoms with E-state index < -0.39 is 6.04 Å². The van der Waals surface area contributed by atoms with Gasteiger partial charge in [0.25, 0.3) is 0 Å². The Morgan fingerprint density at radius 1 is 1.39 bits per heavy atom. The third-order valence-electron chi connectivity index (χ3n) is 3.06. The molecular formula is C13H18N2O2S. The highest BCUT2D eigenvalue weighted by Gasteiger charge is 2.38. The van der Waals surface area contributed by atoms with Crippen molar-refractivity contribution in [1.29, 1.82) is 0 Å². The molecule has 1 unspecified atom stereocenters. The number of rotatable bonds is 1. The van der Waals surface area contributed by atoms with E-state index in [1.807, 2.05) is 37.6 Å². The Bertz CT molecular complexity index is 448. The predicted molar refractivity (Wildman–Crippen MR) is 72.7 cm³/mol. The topological polar surface area (TPSA) is 49.4 Å². The molecule has 1 aliphatic rings. The Labute approximate surface area is 111 Å². The molecule has 2 amide bonds. The fraction of sp³-hybridized carbons (Fsp3) is 0.538. The van der Waals surface area contributed by atoms with E-state index >= 15 is 0 Å². The number of nitrogens with zero attached hydrogens (tertiary/aromatic N) is 1. The van der Waals surface area contributed by atoms with Crippen LogP contribution in [0, 0.1) is 5.41 Å². The molecule has 1 atom stereocenters. The van der Waals surface area contributed by atoms with Gasteiger partial charge >= 0.3 is 0 Å². The van der Waals surface area contributed by atoms with Crippen LogP contribution in [0.5, 0.6) is 0 Å². The Hall–Kier alpha value is -1.36. The van der Waals surface area contributed by atoms with Gasteiger partial charge in [0.15, 0.2) is 0 Å². The van der Waals surface area contributed by atoms with Crippen LogP contribution in [0.3, 0.4) is 0 Å². The van der Waals surface area contributed by atoms with Crippen LogP contribution < -0.4 is 10.2 Å². The van der Waals surface area contributed by atoms with Crippen molar-refractivity contribution in [2.75, 3.05) is 11.4 Å². The molecule has 0 radical (unpaired) electrons. The average Bonchev–Trinajstić information content (AvgIpc) is 2.73. The van der Waals surface area contributed by atoms with Gasteiger partial charge in [0.1, 0.15) is 6.04 Å². The molecule has 1 aromatic rings. The quantitative estimate of drug-likeness (QED) is 0.845. The van der Waals surface area contributed by atoms with Crippen molar-refractivity contribution >= 4 is 28.8 Å². The first-order chi connectivity index (χ1) is 8.39. The van der Waals surface area contributed by atoms with E-state index in [9.17, 15) is 9.59 Å². The Kier molecular flexibility index (Phi) is 3.43. The van der Waals surface area contributed by atoms with E-state index in [1.54, 1.807) is 16.2 Å². The van der Waals surface area contributed by atoms with Gasteiger partial charge in [0.2, 0.25) is 11.8 Å². The summed E-state index contributed by atoms with van der Waals surface area (Å²) >= 11 is 1.55. The number of nitrogens with one attached hydrogen (secondary N) is 1. The Morgan fingerprint density at radius 3 is 2.67 bits per heavy atom. The second-order valence-electron chi connectivity index (χ2n) is 5.59. The molecule has 1 saturated heterocycles. The molecule has 2 heterocycles. The van der Waals surface area contributed by atoms with Gasteiger partial charge in [-0.1, -0.05) is 20.8 Å². The number of thiophene rings is 1. The van der Waals surface area contributed by atoms with Crippen LogP contribution in [-0.2, 0) is 9.59 Å². The SMILES string of the molecule is CC(C)(C)C1NC(=O)CCN(c2ccsc2)C1=O. The van der Waals surface area contributed by atoms with Crippen LogP contribution in [0.15, 0.2) is 16.8 Å². The second kappa shape index (κ2) is 4.72. The first kappa shape index (κ1) is 13.1. The molecule has 98 valence electrons. The lowest BCUT2D eigenvalue weighted by Crippen LogP contribution is -2.52. The van der Waals surface area contributed by atoms with Gasteiger partial charge in [0, 0.05) is 18.3 Å². The normalized spacial score (nSPS) is 21.7. The summed E-state index contributed by atoms with van der Waals surface area (Å²) in [5.74, 6) is -0.0762. The largest absolute Gasteiger partial charge is 0.344 e. The lowest BCUT2D eigenvalue weighted by atomic mass is 9.86. The van der Waals surface area contributed by atoms with E-state index in [4.69, 9.17) is 0 Å². The molecule has 4 nitrogen and oxygen atoms in total. The summed E-state index contributed by atoms with van der Waals surface area (Å²) in [6.07, 6.45) is 0.355. The van der Waals surface area contributed by atoms with E-state index in [0.29, 0.717) is 13.0 Å². The maximum atomic E-state index is 12.6. The van der Waals surface area contributed by atoms with Gasteiger partial charge < -0.3 is 10.2 Å². The smallest absolute Gasteiger partial charge is 0.250 e. The second-order valence-corrected chi connectivity index (χ2v) is 6.37. The molecule has 0 bridgehead atoms. The molecule has 0 saturated carbocycles. The maximum Gasteiger partial charge on any atom is 0.250 e. The van der Waals surface area contributed by atoms with E-state index in [1.165, 1.54) is 0 Å². The van der Waals surface area contributed by atoms with E-state index in [2.05, 4.69) is 5.32 Å². The predicted octanol–water partition coefficient (Wildman–Crippen LogP) is 2.02. The minimum Gasteiger partial charge on any atom is -0.344 e. The average molecular weight is 266 g/mol. The summed E-state index contributed by atoms with van der Waals surface area (Å²) in [6, 6.07) is 1.45. The zero-order valence-electron chi connectivity index (χ0n) is 10.9. The summed E-state index contributed by atoms with van der Waals surface area (Å²) in [5, 5.41) is 6.71. The van der Waals surface area contributed by atoms with Gasteiger partial charge in [-0.3, -0.25) is 9.59 Å². The van der Waals surface area contributed by atoms with E-state index in [0.717, 1.165) is 5.69 Å². The number of hydrogen-bond donors (Lipinski definition) is 1. The molecule has 1 aromatic heterocycles. The Balaban J connectivity index is 2.32. The molecule has 0 spiro atoms. The first-order valence-corrected chi connectivity index (χ1v) is 6.97. The molecule has 1 fully saturated rings. The van der Waals surface area contributed by atoms with Gasteiger partial charge in [-0.25, -0.2) is 0 Å². The van der Waals surface area contributed by atoms with Crippen LogP contribution in [0.25, 0.3) is 0 Å². The van der Waals surface area contributed by atoms with Crippen LogP contribution in [-0.4, -0.2) is 24.4 Å². The molecule has 18 heavy (non-hydrogen) atoms. The highest BCUT2D eigenvalue weighted by Crippen LogP contribution is 2.27. The highest BCUT2D eigenvalue weighted by molar-refractivity contribution is 7.08. The van der Waals surface area contributed by atoms with Crippen molar-refractivity contribution in [2.45, 2.75) is 33.2 Å². The molecule has 2 rings (SSSR count). The van der Waals surface area contributed by atoms with Crippen molar-refractivity contribution < 1.29 is 9.59 Å². The summed E-state index contributed by atoms with van der Waals surface area (Å²) in [4.78, 5) is 26.0. The zero-order valence-corrected chi connectivity index (χ0v) is 11.7. The lowest BCUT2D eigenvalue weighted by molar-refractivity contribution is -0.127. The number of amides is 2. The monoisotopic (exact) mass is 266 g/mol. The van der Waals surface area contributed by atoms with Crippen molar-refractivity contribution in [3.05, 3.63) is 16.8 Å². The fourth-order valence-electron chi connectivity index (χ4n) is 2.03. The third-order valence-corrected chi connectivity index (χ3v) is 3.74. The Morgan fingerprint density at radius 2 is 2.11 bits per heavy atom. The minimum atomic E-state index is -0.465. The molecule has 1 N–H and O–H groups in total. The summed E-state index contributed by atoms with van der Waals surface area (Å²) in [5.41, 5.74) is 0.599. The molecule has 1 aliphatic heterocycles. The molecular weight excluding hydrogens is 248 g/mol. The van der Waals surface area contributed by atoms with Crippen LogP contribution in [0.2, 0.25) is 0 Å². The standard InChI is InChI=1S/C13H18N2O2S/c1-13(2,3)11-12(17)15(6-4-10(16)14-11)9-5-7-18-8-9/h5,7-8,11H,4,6H2,1-3H3,(H,14,16). The van der Waals surface area contributed by atoms with Crippen molar-refractivity contribution in [2.24, 2.45) is 5.41 Å². The van der Waals surface area contributed by atoms with E-state index in [-0.39, 0.29) is 17.2 Å². The highest BCUT2D eigenvalue weighted by atomic mass is 32.1. The lowest BCUT2D eigenvalue weighted by Gasteiger charge is -2.31. The number of carbonyl (C=O) groups is 2. The summed E-state index contributed by atoms with van der Waals surface area (Å²) in [6.45, 7) is 6.35.